The topological polar surface area (TPSA) is 42.4 Å². The third kappa shape index (κ3) is 1.57. The third-order valence-corrected chi connectivity index (χ3v) is 2.88. The zero-order valence-electron chi connectivity index (χ0n) is 7.96. The van der Waals surface area contributed by atoms with Gasteiger partial charge in [0.1, 0.15) is 5.02 Å². The van der Waals surface area contributed by atoms with E-state index in [9.17, 15) is 5.11 Å². The second-order valence-electron chi connectivity index (χ2n) is 3.45. The maximum absolute atomic E-state index is 9.23. The lowest BCUT2D eigenvalue weighted by atomic mass is 10.1. The Morgan fingerprint density at radius 1 is 1.64 bits per heavy atom. The van der Waals surface area contributed by atoms with Crippen LogP contribution < -0.4 is 4.74 Å². The van der Waals surface area contributed by atoms with Gasteiger partial charge in [0, 0.05) is 11.8 Å². The van der Waals surface area contributed by atoms with Crippen molar-refractivity contribution in [2.24, 2.45) is 0 Å². The summed E-state index contributed by atoms with van der Waals surface area (Å²) in [6.07, 6.45) is 4.09. The van der Waals surface area contributed by atoms with Crippen LogP contribution in [-0.4, -0.2) is 17.2 Å². The molecule has 3 nitrogen and oxygen atoms in total. The number of aliphatic hydroxyl groups excluding tert-OH is 1. The summed E-state index contributed by atoms with van der Waals surface area (Å²) in [5.41, 5.74) is 1.83. The quantitative estimate of drug-likeness (QED) is 0.837. The van der Waals surface area contributed by atoms with Gasteiger partial charge in [-0.05, 0) is 24.3 Å². The molecular weight excluding hydrogens is 202 g/mol. The molecule has 0 amide bonds. The van der Waals surface area contributed by atoms with Gasteiger partial charge in [-0.15, -0.1) is 0 Å². The van der Waals surface area contributed by atoms with E-state index in [0.29, 0.717) is 16.8 Å². The summed E-state index contributed by atoms with van der Waals surface area (Å²) in [7, 11) is 1.52. The van der Waals surface area contributed by atoms with Crippen LogP contribution in [0.5, 0.6) is 5.88 Å². The van der Waals surface area contributed by atoms with Crippen molar-refractivity contribution in [3.8, 4) is 5.88 Å². The molecule has 1 N–H and O–H groups in total. The van der Waals surface area contributed by atoms with Crippen LogP contribution in [0.1, 0.15) is 29.9 Å². The van der Waals surface area contributed by atoms with Crippen LogP contribution in [0.25, 0.3) is 0 Å². The molecule has 0 saturated heterocycles. The molecule has 14 heavy (non-hydrogen) atoms. The summed E-state index contributed by atoms with van der Waals surface area (Å²) in [6.45, 7) is -0.0520. The van der Waals surface area contributed by atoms with E-state index in [1.807, 2.05) is 0 Å². The normalized spacial score (nSPS) is 15.6. The fourth-order valence-corrected chi connectivity index (χ4v) is 1.86. The Bertz CT molecular complexity index is 350. The monoisotopic (exact) mass is 213 g/mol. The van der Waals surface area contributed by atoms with E-state index < -0.39 is 0 Å². The first-order valence-electron chi connectivity index (χ1n) is 4.60. The number of halogens is 1. The van der Waals surface area contributed by atoms with Gasteiger partial charge in [-0.3, -0.25) is 0 Å². The standard InChI is InChI=1S/C10H12ClNO2/c1-14-10-9(11)8(5-13)7(4-12-10)6-2-3-6/h4,6,13H,2-3,5H2,1H3. The smallest absolute Gasteiger partial charge is 0.232 e. The maximum Gasteiger partial charge on any atom is 0.232 e. The number of nitrogens with zero attached hydrogens (tertiary/aromatic N) is 1. The first-order valence-corrected chi connectivity index (χ1v) is 4.97. The Hall–Kier alpha value is -0.800. The number of hydrogen-bond acceptors (Lipinski definition) is 3. The van der Waals surface area contributed by atoms with E-state index in [1.54, 1.807) is 6.20 Å². The molecule has 0 unspecified atom stereocenters. The average Bonchev–Trinajstić information content (AvgIpc) is 3.00. The predicted molar refractivity (Wildman–Crippen MR) is 53.7 cm³/mol. The van der Waals surface area contributed by atoms with Crippen LogP contribution in [0.4, 0.5) is 0 Å². The number of pyridine rings is 1. The maximum atomic E-state index is 9.23. The second kappa shape index (κ2) is 3.75. The van der Waals surface area contributed by atoms with Gasteiger partial charge in [-0.1, -0.05) is 11.6 Å². The van der Waals surface area contributed by atoms with Gasteiger partial charge in [-0.25, -0.2) is 4.98 Å². The molecule has 4 heteroatoms. The molecule has 1 heterocycles. The largest absolute Gasteiger partial charge is 0.480 e. The minimum Gasteiger partial charge on any atom is -0.480 e. The molecule has 0 spiro atoms. The van der Waals surface area contributed by atoms with Crippen LogP contribution >= 0.6 is 11.6 Å². The van der Waals surface area contributed by atoms with Crippen molar-refractivity contribution in [2.45, 2.75) is 25.4 Å². The number of hydrogen-bond donors (Lipinski definition) is 1. The summed E-state index contributed by atoms with van der Waals surface area (Å²) in [5.74, 6) is 0.924. The molecule has 0 aromatic carbocycles. The SMILES string of the molecule is COc1ncc(C2CC2)c(CO)c1Cl. The van der Waals surface area contributed by atoms with Gasteiger partial charge >= 0.3 is 0 Å². The molecule has 1 aliphatic rings. The molecule has 0 bridgehead atoms. The Morgan fingerprint density at radius 3 is 2.86 bits per heavy atom. The van der Waals surface area contributed by atoms with Crippen LogP contribution in [0.15, 0.2) is 6.20 Å². The summed E-state index contributed by atoms with van der Waals surface area (Å²) < 4.78 is 4.99. The molecule has 1 aromatic heterocycles. The van der Waals surface area contributed by atoms with Crippen molar-refractivity contribution in [1.82, 2.24) is 4.98 Å². The summed E-state index contributed by atoms with van der Waals surface area (Å²) >= 11 is 6.04. The Morgan fingerprint density at radius 2 is 2.36 bits per heavy atom. The second-order valence-corrected chi connectivity index (χ2v) is 3.83. The predicted octanol–water partition coefficient (Wildman–Crippen LogP) is 2.11. The number of aliphatic hydroxyl groups is 1. The lowest BCUT2D eigenvalue weighted by Gasteiger charge is -2.10. The Labute approximate surface area is 87.7 Å². The van der Waals surface area contributed by atoms with E-state index in [1.165, 1.54) is 7.11 Å². The minimum absolute atomic E-state index is 0.0520. The highest BCUT2D eigenvalue weighted by molar-refractivity contribution is 6.32. The first kappa shape index (κ1) is 9.74. The van der Waals surface area contributed by atoms with Crippen molar-refractivity contribution in [2.75, 3.05) is 7.11 Å². The lowest BCUT2D eigenvalue weighted by Crippen LogP contribution is -1.99. The van der Waals surface area contributed by atoms with Crippen molar-refractivity contribution in [1.29, 1.82) is 0 Å². The number of rotatable bonds is 3. The zero-order chi connectivity index (χ0) is 10.1. The fourth-order valence-electron chi connectivity index (χ4n) is 1.57. The lowest BCUT2D eigenvalue weighted by molar-refractivity contribution is 0.279. The molecule has 0 aliphatic heterocycles. The highest BCUT2D eigenvalue weighted by Crippen LogP contribution is 2.44. The molecule has 1 fully saturated rings. The van der Waals surface area contributed by atoms with Crippen molar-refractivity contribution < 1.29 is 9.84 Å². The Balaban J connectivity index is 2.46. The molecule has 0 radical (unpaired) electrons. The summed E-state index contributed by atoms with van der Waals surface area (Å²) in [6, 6.07) is 0. The Kier molecular flexibility index (Phi) is 2.61. The van der Waals surface area contributed by atoms with Crippen molar-refractivity contribution in [3.05, 3.63) is 22.3 Å². The van der Waals surface area contributed by atoms with E-state index in [0.717, 1.165) is 24.0 Å². The van der Waals surface area contributed by atoms with Crippen LogP contribution in [0.2, 0.25) is 5.02 Å². The minimum atomic E-state index is -0.0520. The molecule has 76 valence electrons. The molecule has 1 saturated carbocycles. The van der Waals surface area contributed by atoms with E-state index in [2.05, 4.69) is 4.98 Å². The van der Waals surface area contributed by atoms with E-state index >= 15 is 0 Å². The third-order valence-electron chi connectivity index (χ3n) is 2.49. The highest BCUT2D eigenvalue weighted by Gasteiger charge is 2.28. The fraction of sp³-hybridized carbons (Fsp3) is 0.500. The molecule has 2 rings (SSSR count). The van der Waals surface area contributed by atoms with Crippen molar-refractivity contribution in [3.63, 3.8) is 0 Å². The van der Waals surface area contributed by atoms with Gasteiger partial charge < -0.3 is 9.84 Å². The number of methoxy groups -OCH3 is 1. The molecular formula is C10H12ClNO2. The molecule has 1 aliphatic carbocycles. The van der Waals surface area contributed by atoms with Crippen LogP contribution in [0, 0.1) is 0 Å². The number of ether oxygens (including phenoxy) is 1. The van der Waals surface area contributed by atoms with Crippen LogP contribution in [0.3, 0.4) is 0 Å². The first-order chi connectivity index (χ1) is 6.77. The van der Waals surface area contributed by atoms with Gasteiger partial charge in [-0.2, -0.15) is 0 Å². The summed E-state index contributed by atoms with van der Waals surface area (Å²) in [4.78, 5) is 4.10. The van der Waals surface area contributed by atoms with Crippen molar-refractivity contribution >= 4 is 11.6 Å². The number of aromatic nitrogens is 1. The highest BCUT2D eigenvalue weighted by atomic mass is 35.5. The van der Waals surface area contributed by atoms with Crippen LogP contribution in [-0.2, 0) is 6.61 Å². The van der Waals surface area contributed by atoms with Gasteiger partial charge in [0.05, 0.1) is 13.7 Å². The van der Waals surface area contributed by atoms with Gasteiger partial charge in [0.25, 0.3) is 0 Å². The van der Waals surface area contributed by atoms with E-state index in [4.69, 9.17) is 16.3 Å². The zero-order valence-corrected chi connectivity index (χ0v) is 8.71. The van der Waals surface area contributed by atoms with E-state index in [-0.39, 0.29) is 6.61 Å². The molecule has 1 aromatic rings. The molecule has 0 atom stereocenters. The van der Waals surface area contributed by atoms with Gasteiger partial charge in [0.15, 0.2) is 0 Å². The van der Waals surface area contributed by atoms with Gasteiger partial charge in [0.2, 0.25) is 5.88 Å². The average molecular weight is 214 g/mol. The summed E-state index contributed by atoms with van der Waals surface area (Å²) in [5, 5.41) is 9.67.